The summed E-state index contributed by atoms with van der Waals surface area (Å²) in [5.41, 5.74) is 4.55. The molecule has 0 aliphatic heterocycles. The highest BCUT2D eigenvalue weighted by Crippen LogP contribution is 2.22. The van der Waals surface area contributed by atoms with Crippen LogP contribution in [0.15, 0.2) is 29.1 Å². The molecular formula is C15H19N3O2S. The highest BCUT2D eigenvalue weighted by atomic mass is 32.1. The zero-order valence-corrected chi connectivity index (χ0v) is 13.0. The summed E-state index contributed by atoms with van der Waals surface area (Å²) in [7, 11) is 0. The molecule has 2 aromatic rings. The molecule has 2 rings (SSSR count). The molecule has 0 aliphatic carbocycles. The second-order valence-electron chi connectivity index (χ2n) is 4.52. The molecule has 0 spiro atoms. The molecule has 21 heavy (non-hydrogen) atoms. The van der Waals surface area contributed by atoms with Crippen molar-refractivity contribution in [3.05, 3.63) is 40.3 Å². The van der Waals surface area contributed by atoms with E-state index < -0.39 is 0 Å². The zero-order chi connectivity index (χ0) is 15.1. The predicted octanol–water partition coefficient (Wildman–Crippen LogP) is 3.21. The normalized spacial score (nSPS) is 10.2. The van der Waals surface area contributed by atoms with E-state index in [1.165, 1.54) is 0 Å². The van der Waals surface area contributed by atoms with Crippen LogP contribution >= 0.6 is 11.3 Å². The predicted molar refractivity (Wildman–Crippen MR) is 85.2 cm³/mol. The van der Waals surface area contributed by atoms with Crippen LogP contribution in [0.3, 0.4) is 0 Å². The molecule has 1 aromatic heterocycles. The Morgan fingerprint density at radius 2 is 2.29 bits per heavy atom. The molecule has 0 saturated carbocycles. The number of anilines is 1. The second-order valence-corrected chi connectivity index (χ2v) is 5.24. The minimum atomic E-state index is -0.225. The first-order chi connectivity index (χ1) is 10.2. The Morgan fingerprint density at radius 3 is 3.00 bits per heavy atom. The minimum Gasteiger partial charge on any atom is -0.494 e. The highest BCUT2D eigenvalue weighted by molar-refractivity contribution is 7.07. The molecule has 2 amide bonds. The van der Waals surface area contributed by atoms with Crippen LogP contribution in [0.5, 0.6) is 5.75 Å². The maximum Gasteiger partial charge on any atom is 0.319 e. The number of benzene rings is 1. The van der Waals surface area contributed by atoms with Crippen LogP contribution in [0.4, 0.5) is 10.5 Å². The Hall–Kier alpha value is -2.08. The third kappa shape index (κ3) is 4.75. The average Bonchev–Trinajstić information content (AvgIpc) is 2.96. The Morgan fingerprint density at radius 1 is 1.43 bits per heavy atom. The number of carbonyl (C=O) groups excluding carboxylic acids is 1. The van der Waals surface area contributed by atoms with Crippen molar-refractivity contribution in [3.63, 3.8) is 0 Å². The minimum absolute atomic E-state index is 0.225. The molecule has 0 saturated heterocycles. The van der Waals surface area contributed by atoms with E-state index in [1.807, 2.05) is 37.4 Å². The summed E-state index contributed by atoms with van der Waals surface area (Å²) in [6.45, 7) is 5.07. The van der Waals surface area contributed by atoms with Crippen LogP contribution in [0, 0.1) is 6.92 Å². The number of hydrogen-bond acceptors (Lipinski definition) is 4. The number of amides is 2. The van der Waals surface area contributed by atoms with Gasteiger partial charge in [0, 0.05) is 30.1 Å². The second kappa shape index (κ2) is 7.64. The van der Waals surface area contributed by atoms with E-state index in [0.717, 1.165) is 29.1 Å². The van der Waals surface area contributed by atoms with E-state index >= 15 is 0 Å². The number of hydrogen-bond donors (Lipinski definition) is 2. The van der Waals surface area contributed by atoms with Crippen molar-refractivity contribution >= 4 is 23.1 Å². The average molecular weight is 305 g/mol. The zero-order valence-electron chi connectivity index (χ0n) is 12.2. The van der Waals surface area contributed by atoms with Crippen LogP contribution in [0.2, 0.25) is 0 Å². The molecule has 0 bridgehead atoms. The van der Waals surface area contributed by atoms with E-state index in [-0.39, 0.29) is 6.03 Å². The molecule has 112 valence electrons. The molecule has 0 radical (unpaired) electrons. The Labute approximate surface area is 128 Å². The Balaban J connectivity index is 1.83. The van der Waals surface area contributed by atoms with Crippen LogP contribution in [0.1, 0.15) is 18.2 Å². The van der Waals surface area contributed by atoms with Gasteiger partial charge in [0.25, 0.3) is 0 Å². The lowest BCUT2D eigenvalue weighted by molar-refractivity contribution is 0.252. The quantitative estimate of drug-likeness (QED) is 0.861. The molecule has 0 unspecified atom stereocenters. The monoisotopic (exact) mass is 305 g/mol. The summed E-state index contributed by atoms with van der Waals surface area (Å²) in [5.74, 6) is 0.790. The summed E-state index contributed by atoms with van der Waals surface area (Å²) in [5, 5.41) is 7.59. The first-order valence-electron chi connectivity index (χ1n) is 6.84. The van der Waals surface area contributed by atoms with Gasteiger partial charge in [0.2, 0.25) is 0 Å². The van der Waals surface area contributed by atoms with Gasteiger partial charge in [-0.2, -0.15) is 0 Å². The van der Waals surface area contributed by atoms with Gasteiger partial charge in [-0.15, -0.1) is 11.3 Å². The maximum atomic E-state index is 11.8. The van der Waals surface area contributed by atoms with E-state index in [2.05, 4.69) is 15.6 Å². The van der Waals surface area contributed by atoms with Crippen LogP contribution in [-0.4, -0.2) is 24.2 Å². The number of nitrogens with zero attached hydrogens (tertiary/aromatic N) is 1. The largest absolute Gasteiger partial charge is 0.494 e. The van der Waals surface area contributed by atoms with Crippen LogP contribution < -0.4 is 15.4 Å². The van der Waals surface area contributed by atoms with Gasteiger partial charge < -0.3 is 15.4 Å². The maximum absolute atomic E-state index is 11.8. The first-order valence-corrected chi connectivity index (χ1v) is 7.78. The van der Waals surface area contributed by atoms with Gasteiger partial charge in [-0.3, -0.25) is 0 Å². The fraction of sp³-hybridized carbons (Fsp3) is 0.333. The van der Waals surface area contributed by atoms with E-state index in [1.54, 1.807) is 16.8 Å². The SMILES string of the molecule is CCOc1cc(NC(=O)NCCc2cscn2)ccc1C. The smallest absolute Gasteiger partial charge is 0.319 e. The lowest BCUT2D eigenvalue weighted by atomic mass is 10.2. The molecule has 6 heteroatoms. The molecule has 1 aromatic carbocycles. The number of rotatable bonds is 6. The summed E-state index contributed by atoms with van der Waals surface area (Å²) >= 11 is 1.56. The fourth-order valence-electron chi connectivity index (χ4n) is 1.83. The number of thiazole rings is 1. The summed E-state index contributed by atoms with van der Waals surface area (Å²) in [6.07, 6.45) is 0.731. The third-order valence-corrected chi connectivity index (χ3v) is 3.53. The van der Waals surface area contributed by atoms with Gasteiger partial charge in [-0.25, -0.2) is 9.78 Å². The molecule has 5 nitrogen and oxygen atoms in total. The van der Waals surface area contributed by atoms with E-state index in [0.29, 0.717) is 13.2 Å². The van der Waals surface area contributed by atoms with Gasteiger partial charge in [0.1, 0.15) is 5.75 Å². The highest BCUT2D eigenvalue weighted by Gasteiger charge is 2.05. The van der Waals surface area contributed by atoms with Crippen molar-refractivity contribution in [2.75, 3.05) is 18.5 Å². The first kappa shape index (κ1) is 15.3. The third-order valence-electron chi connectivity index (χ3n) is 2.90. The van der Waals surface area contributed by atoms with Gasteiger partial charge in [0.05, 0.1) is 17.8 Å². The number of nitrogens with one attached hydrogen (secondary N) is 2. The fourth-order valence-corrected chi connectivity index (χ4v) is 2.42. The van der Waals surface area contributed by atoms with Crippen molar-refractivity contribution < 1.29 is 9.53 Å². The number of aromatic nitrogens is 1. The summed E-state index contributed by atoms with van der Waals surface area (Å²) in [4.78, 5) is 16.0. The topological polar surface area (TPSA) is 63.2 Å². The number of ether oxygens (including phenoxy) is 1. The molecule has 0 aliphatic rings. The van der Waals surface area contributed by atoms with Crippen LogP contribution in [-0.2, 0) is 6.42 Å². The molecule has 0 fully saturated rings. The number of urea groups is 1. The van der Waals surface area contributed by atoms with Crippen molar-refractivity contribution in [2.24, 2.45) is 0 Å². The van der Waals surface area contributed by atoms with Crippen molar-refractivity contribution in [1.82, 2.24) is 10.3 Å². The van der Waals surface area contributed by atoms with Gasteiger partial charge in [-0.1, -0.05) is 6.07 Å². The summed E-state index contributed by atoms with van der Waals surface area (Å²) < 4.78 is 5.51. The van der Waals surface area contributed by atoms with Gasteiger partial charge in [-0.05, 0) is 25.5 Å². The van der Waals surface area contributed by atoms with E-state index in [4.69, 9.17) is 4.74 Å². The molecule has 2 N–H and O–H groups in total. The molecular weight excluding hydrogens is 286 g/mol. The Bertz CT molecular complexity index is 585. The van der Waals surface area contributed by atoms with Crippen molar-refractivity contribution in [1.29, 1.82) is 0 Å². The molecule has 0 atom stereocenters. The lowest BCUT2D eigenvalue weighted by Crippen LogP contribution is -2.30. The standard InChI is InChI=1S/C15H19N3O2S/c1-3-20-14-8-12(5-4-11(14)2)18-15(19)16-7-6-13-9-21-10-17-13/h4-5,8-10H,3,6-7H2,1-2H3,(H2,16,18,19). The van der Waals surface area contributed by atoms with Gasteiger partial charge in [0.15, 0.2) is 0 Å². The summed E-state index contributed by atoms with van der Waals surface area (Å²) in [6, 6.07) is 5.39. The lowest BCUT2D eigenvalue weighted by Gasteiger charge is -2.11. The van der Waals surface area contributed by atoms with Crippen molar-refractivity contribution in [3.8, 4) is 5.75 Å². The number of carbonyl (C=O) groups is 1. The molecule has 1 heterocycles. The number of aryl methyl sites for hydroxylation is 1. The Kier molecular flexibility index (Phi) is 5.57. The van der Waals surface area contributed by atoms with Gasteiger partial charge >= 0.3 is 6.03 Å². The van der Waals surface area contributed by atoms with Crippen molar-refractivity contribution in [2.45, 2.75) is 20.3 Å². The van der Waals surface area contributed by atoms with Crippen LogP contribution in [0.25, 0.3) is 0 Å². The van der Waals surface area contributed by atoms with E-state index in [9.17, 15) is 4.79 Å².